The summed E-state index contributed by atoms with van der Waals surface area (Å²) in [4.78, 5) is 0. The first-order valence-electron chi connectivity index (χ1n) is 0. The fourth-order valence-electron chi connectivity index (χ4n) is 0. The van der Waals surface area contributed by atoms with Crippen LogP contribution in [-0.2, 0) is 32.7 Å². The molecule has 0 saturated carbocycles. The average molecular weight is 259 g/mol. The molecule has 1 radical (unpaired) electrons. The maximum Gasteiger partial charge on any atom is 3.00 e. The Kier molecular flexibility index (Phi) is 117. The van der Waals surface area contributed by atoms with Crippen molar-refractivity contribution in [1.29, 1.82) is 0 Å². The molecule has 4 heteroatoms. The van der Waals surface area contributed by atoms with Crippen molar-refractivity contribution in [3.05, 3.63) is 0 Å². The Hall–Kier alpha value is 2.98. The molecule has 0 N–H and O–H groups in total. The summed E-state index contributed by atoms with van der Waals surface area (Å²) in [7, 11) is 0. The van der Waals surface area contributed by atoms with Crippen molar-refractivity contribution in [1.82, 2.24) is 0 Å². The summed E-state index contributed by atoms with van der Waals surface area (Å²) >= 11 is 0. The second-order valence-electron chi connectivity index (χ2n) is 0. The summed E-state index contributed by atoms with van der Waals surface area (Å²) in [6.07, 6.45) is 0. The van der Waals surface area contributed by atoms with E-state index in [9.17, 15) is 0 Å². The van der Waals surface area contributed by atoms with Gasteiger partial charge in [0, 0.05) is 0 Å². The van der Waals surface area contributed by atoms with Crippen LogP contribution >= 0.6 is 0 Å². The van der Waals surface area contributed by atoms with E-state index in [1.54, 1.807) is 0 Å². The van der Waals surface area contributed by atoms with Crippen LogP contribution < -0.4 is 23.6 Å². The SMILES string of the molecule is [F-].[Li+].[Nd+3].[Y+3]. The number of halogens is 1. The average Bonchev–Trinajstić information content (AvgIpc) is 0. The maximum absolute atomic E-state index is 0. The van der Waals surface area contributed by atoms with Crippen LogP contribution in [-0.4, -0.2) is 0 Å². The van der Waals surface area contributed by atoms with Crippen LogP contribution in [0, 0.1) is 40.8 Å². The van der Waals surface area contributed by atoms with Crippen molar-refractivity contribution in [3.8, 4) is 0 Å². The van der Waals surface area contributed by atoms with Crippen LogP contribution in [0.3, 0.4) is 0 Å². The van der Waals surface area contributed by atoms with Gasteiger partial charge in [-0.05, 0) is 0 Å². The van der Waals surface area contributed by atoms with Gasteiger partial charge in [0.1, 0.15) is 0 Å². The topological polar surface area (TPSA) is 0 Å². The number of rotatable bonds is 0. The molecule has 0 heterocycles. The van der Waals surface area contributed by atoms with Gasteiger partial charge in [0.05, 0.1) is 0 Å². The molecule has 0 atom stereocenters. The molecule has 0 rings (SSSR count). The van der Waals surface area contributed by atoms with Gasteiger partial charge < -0.3 is 4.70 Å². The molecule has 0 aliphatic heterocycles. The fraction of sp³-hybridized carbons (Fsp3) is 0. The van der Waals surface area contributed by atoms with Crippen molar-refractivity contribution in [2.24, 2.45) is 0 Å². The second kappa shape index (κ2) is 16.7. The summed E-state index contributed by atoms with van der Waals surface area (Å²) < 4.78 is 0. The zero-order chi connectivity index (χ0) is 0. The van der Waals surface area contributed by atoms with Crippen molar-refractivity contribution in [2.75, 3.05) is 0 Å². The van der Waals surface area contributed by atoms with Gasteiger partial charge in [-0.3, -0.25) is 0 Å². The summed E-state index contributed by atoms with van der Waals surface area (Å²) in [5.41, 5.74) is 0. The zero-order valence-corrected chi connectivity index (χ0v) is 8.50. The van der Waals surface area contributed by atoms with E-state index in [4.69, 9.17) is 0 Å². The van der Waals surface area contributed by atoms with Crippen LogP contribution in [0.4, 0.5) is 0 Å². The van der Waals surface area contributed by atoms with Gasteiger partial charge in [0.25, 0.3) is 0 Å². The molecule has 0 spiro atoms. The van der Waals surface area contributed by atoms with Gasteiger partial charge in [-0.1, -0.05) is 0 Å². The number of hydrogen-bond acceptors (Lipinski definition) is 0. The first kappa shape index (κ1) is 28.1. The van der Waals surface area contributed by atoms with E-state index < -0.39 is 0 Å². The van der Waals surface area contributed by atoms with Crippen molar-refractivity contribution >= 4 is 0 Å². The molecule has 4 heavy (non-hydrogen) atoms. The normalized spacial score (nSPS) is 0. The van der Waals surface area contributed by atoms with Crippen molar-refractivity contribution in [3.63, 3.8) is 0 Å². The predicted molar refractivity (Wildman–Crippen MR) is 0 cm³/mol. The molecule has 0 aliphatic carbocycles. The molecule has 0 fully saturated rings. The minimum atomic E-state index is 0. The zero-order valence-electron chi connectivity index (χ0n) is 2.46. The van der Waals surface area contributed by atoms with E-state index in [0.29, 0.717) is 0 Å². The third kappa shape index (κ3) is 8.88. The monoisotopic (exact) mass is 257 g/mol. The van der Waals surface area contributed by atoms with Gasteiger partial charge >= 0.3 is 92.4 Å². The van der Waals surface area contributed by atoms with Gasteiger partial charge in [0.2, 0.25) is 0 Å². The van der Waals surface area contributed by atoms with Gasteiger partial charge in [-0.2, -0.15) is 0 Å². The van der Waals surface area contributed by atoms with Crippen molar-refractivity contribution < 1.29 is 97.1 Å². The van der Waals surface area contributed by atoms with E-state index in [1.165, 1.54) is 0 Å². The van der Waals surface area contributed by atoms with Crippen LogP contribution in [0.1, 0.15) is 0 Å². The van der Waals surface area contributed by atoms with E-state index >= 15 is 0 Å². The molecule has 9 valence electrons. The summed E-state index contributed by atoms with van der Waals surface area (Å²) in [5.74, 6) is 0. The van der Waals surface area contributed by atoms with E-state index in [0.717, 1.165) is 0 Å². The number of hydrogen-bond donors (Lipinski definition) is 0. The van der Waals surface area contributed by atoms with Crippen molar-refractivity contribution in [2.45, 2.75) is 0 Å². The molecule has 0 amide bonds. The van der Waals surface area contributed by atoms with Gasteiger partial charge in [0.15, 0.2) is 0 Å². The molecule has 0 saturated heterocycles. The molecule has 0 bridgehead atoms. The van der Waals surface area contributed by atoms with Gasteiger partial charge in [-0.25, -0.2) is 0 Å². The Morgan fingerprint density at radius 3 is 1.00 bits per heavy atom. The smallest absolute Gasteiger partial charge is 1.00 e. The molecule has 0 nitrogen and oxygen atoms in total. The minimum Gasteiger partial charge on any atom is -1.00 e. The summed E-state index contributed by atoms with van der Waals surface area (Å²) in [6, 6.07) is 0. The molecule has 0 aromatic rings. The van der Waals surface area contributed by atoms with Crippen LogP contribution in [0.25, 0.3) is 0 Å². The maximum atomic E-state index is 0. The largest absolute Gasteiger partial charge is 3.00 e. The van der Waals surface area contributed by atoms with Crippen LogP contribution in [0.5, 0.6) is 0 Å². The van der Waals surface area contributed by atoms with E-state index in [1.807, 2.05) is 0 Å². The third-order valence-electron chi connectivity index (χ3n) is 0. The first-order chi connectivity index (χ1) is 0. The fourth-order valence-corrected chi connectivity index (χ4v) is 0. The predicted octanol–water partition coefficient (Wildman–Crippen LogP) is -5.99. The molecule has 0 aliphatic rings. The molecular weight excluding hydrogens is 259 g/mol. The molecule has 0 aromatic carbocycles. The summed E-state index contributed by atoms with van der Waals surface area (Å²) in [6.45, 7) is 0. The van der Waals surface area contributed by atoms with Crippen LogP contribution in [0.15, 0.2) is 0 Å². The summed E-state index contributed by atoms with van der Waals surface area (Å²) in [5, 5.41) is 0. The van der Waals surface area contributed by atoms with Gasteiger partial charge in [-0.15, -0.1) is 0 Å². The molecular formula is FLiNdY+6. The van der Waals surface area contributed by atoms with E-state index in [2.05, 4.69) is 0 Å². The quantitative estimate of drug-likeness (QED) is 0.380. The Morgan fingerprint density at radius 2 is 1.00 bits per heavy atom. The van der Waals surface area contributed by atoms with E-state index in [-0.39, 0.29) is 97.1 Å². The minimum absolute atomic E-state index is 0. The molecule has 0 aromatic heterocycles. The first-order valence-corrected chi connectivity index (χ1v) is 0. The Bertz CT molecular complexity index is 8.00. The Morgan fingerprint density at radius 1 is 1.00 bits per heavy atom. The van der Waals surface area contributed by atoms with Crippen LogP contribution in [0.2, 0.25) is 0 Å². The molecule has 0 unspecified atom stereocenters. The Labute approximate surface area is 94.8 Å². The third-order valence-corrected chi connectivity index (χ3v) is 0. The second-order valence-corrected chi connectivity index (χ2v) is 0. The standard InChI is InChI=1S/FH.Li.Nd.Y/h1H;;;/q;+1;2*+3/p-1. The Balaban J connectivity index is 0.